The minimum Gasteiger partial charge on any atom is -0.493 e. The van der Waals surface area contributed by atoms with Crippen molar-refractivity contribution in [3.8, 4) is 11.5 Å². The first-order chi connectivity index (χ1) is 13.0. The smallest absolute Gasteiger partial charge is 0.308 e. The van der Waals surface area contributed by atoms with Crippen LogP contribution >= 0.6 is 11.8 Å². The molecule has 1 heterocycles. The third-order valence-corrected chi connectivity index (χ3v) is 6.70. The van der Waals surface area contributed by atoms with Gasteiger partial charge in [0.1, 0.15) is 0 Å². The molecule has 0 radical (unpaired) electrons. The van der Waals surface area contributed by atoms with Gasteiger partial charge in [-0.2, -0.15) is 0 Å². The normalized spacial score (nSPS) is 26.5. The number of amides is 1. The first-order valence-electron chi connectivity index (χ1n) is 8.93. The van der Waals surface area contributed by atoms with Crippen molar-refractivity contribution in [1.29, 1.82) is 0 Å². The van der Waals surface area contributed by atoms with Crippen LogP contribution in [-0.4, -0.2) is 56.4 Å². The zero-order valence-electron chi connectivity index (χ0n) is 16.1. The van der Waals surface area contributed by atoms with E-state index in [-0.39, 0.29) is 23.8 Å². The molecule has 6 nitrogen and oxygen atoms in total. The van der Waals surface area contributed by atoms with Crippen LogP contribution in [0.2, 0.25) is 0 Å². The fourth-order valence-corrected chi connectivity index (χ4v) is 5.25. The van der Waals surface area contributed by atoms with Gasteiger partial charge in [0.05, 0.1) is 32.2 Å². The second kappa shape index (κ2) is 8.25. The van der Waals surface area contributed by atoms with E-state index >= 15 is 0 Å². The molecule has 0 bridgehead atoms. The Morgan fingerprint density at radius 3 is 2.59 bits per heavy atom. The lowest BCUT2D eigenvalue weighted by Gasteiger charge is -2.44. The van der Waals surface area contributed by atoms with E-state index in [0.717, 1.165) is 18.4 Å². The van der Waals surface area contributed by atoms with Gasteiger partial charge in [-0.25, -0.2) is 0 Å². The average Bonchev–Trinajstić information content (AvgIpc) is 2.70. The number of methoxy groups -OCH3 is 3. The minimum atomic E-state index is -0.175. The maximum Gasteiger partial charge on any atom is 0.308 e. The van der Waals surface area contributed by atoms with E-state index in [1.54, 1.807) is 30.9 Å². The fourth-order valence-electron chi connectivity index (χ4n) is 3.77. The largest absolute Gasteiger partial charge is 0.493 e. The summed E-state index contributed by atoms with van der Waals surface area (Å²) in [6.07, 6.45) is 4.24. The molecule has 27 heavy (non-hydrogen) atoms. The summed E-state index contributed by atoms with van der Waals surface area (Å²) in [6.45, 7) is 0. The molecule has 1 aromatic rings. The lowest BCUT2D eigenvalue weighted by atomic mass is 9.84. The van der Waals surface area contributed by atoms with E-state index in [1.807, 2.05) is 31.3 Å². The molecule has 1 saturated carbocycles. The number of thioether (sulfide) groups is 1. The Bertz CT molecular complexity index is 763. The van der Waals surface area contributed by atoms with Gasteiger partial charge >= 0.3 is 5.97 Å². The number of hydrogen-bond donors (Lipinski definition) is 0. The van der Waals surface area contributed by atoms with Crippen LogP contribution in [0.5, 0.6) is 11.5 Å². The zero-order valence-corrected chi connectivity index (χ0v) is 16.9. The van der Waals surface area contributed by atoms with E-state index in [4.69, 9.17) is 14.2 Å². The number of carbonyl (C=O) groups excluding carboxylic acids is 2. The van der Waals surface area contributed by atoms with Crippen LogP contribution in [-0.2, 0) is 14.3 Å². The molecule has 0 aromatic heterocycles. The highest BCUT2D eigenvalue weighted by molar-refractivity contribution is 8.04. The van der Waals surface area contributed by atoms with E-state index < -0.39 is 0 Å². The molecule has 3 atom stereocenters. The molecule has 1 amide bonds. The van der Waals surface area contributed by atoms with Crippen molar-refractivity contribution < 1.29 is 23.8 Å². The second-order valence-electron chi connectivity index (χ2n) is 6.80. The van der Waals surface area contributed by atoms with E-state index in [1.165, 1.54) is 7.11 Å². The van der Waals surface area contributed by atoms with E-state index in [9.17, 15) is 9.59 Å². The molecule has 1 aliphatic heterocycles. The third kappa shape index (κ3) is 3.93. The summed E-state index contributed by atoms with van der Waals surface area (Å²) in [6, 6.07) is 5.66. The molecule has 2 fully saturated rings. The predicted octanol–water partition coefficient (Wildman–Crippen LogP) is 2.96. The molecule has 0 N–H and O–H groups in total. The van der Waals surface area contributed by atoms with Crippen LogP contribution in [0.4, 0.5) is 0 Å². The lowest BCUT2D eigenvalue weighted by Crippen LogP contribution is -2.51. The molecule has 3 rings (SSSR count). The van der Waals surface area contributed by atoms with Crippen molar-refractivity contribution in [2.24, 2.45) is 5.92 Å². The minimum absolute atomic E-state index is 0.0125. The Labute approximate surface area is 163 Å². The van der Waals surface area contributed by atoms with Crippen molar-refractivity contribution in [3.63, 3.8) is 0 Å². The van der Waals surface area contributed by atoms with Gasteiger partial charge in [0.15, 0.2) is 11.5 Å². The Hall–Kier alpha value is -2.15. The summed E-state index contributed by atoms with van der Waals surface area (Å²) < 4.78 is 15.5. The number of ether oxygens (including phenoxy) is 3. The molecular formula is C20H25NO5S. The van der Waals surface area contributed by atoms with Gasteiger partial charge in [0, 0.05) is 18.3 Å². The number of likely N-dealkylation sites (N-methyl/N-ethyl adjacent to an activating group) is 1. The van der Waals surface area contributed by atoms with Crippen molar-refractivity contribution in [1.82, 2.24) is 4.90 Å². The van der Waals surface area contributed by atoms with Crippen LogP contribution in [0, 0.1) is 5.92 Å². The Morgan fingerprint density at radius 1 is 1.19 bits per heavy atom. The third-order valence-electron chi connectivity index (χ3n) is 5.30. The lowest BCUT2D eigenvalue weighted by molar-refractivity contribution is -0.148. The van der Waals surface area contributed by atoms with Gasteiger partial charge < -0.3 is 19.1 Å². The number of carbonyl (C=O) groups is 2. The Kier molecular flexibility index (Phi) is 5.99. The number of fused-ring (bicyclic) bond motifs is 1. The van der Waals surface area contributed by atoms with E-state index in [0.29, 0.717) is 28.1 Å². The van der Waals surface area contributed by atoms with Crippen LogP contribution in [0.1, 0.15) is 24.8 Å². The van der Waals surface area contributed by atoms with Gasteiger partial charge in [-0.15, -0.1) is 11.8 Å². The molecule has 1 saturated heterocycles. The topological polar surface area (TPSA) is 65.1 Å². The summed E-state index contributed by atoms with van der Waals surface area (Å²) in [4.78, 5) is 27.2. The Balaban J connectivity index is 1.81. The summed E-state index contributed by atoms with van der Waals surface area (Å²) in [5.41, 5.74) is 0.888. The molecule has 3 unspecified atom stereocenters. The number of nitrogens with zero attached hydrogens (tertiary/aromatic N) is 1. The molecule has 2 aliphatic rings. The number of hydrogen-bond acceptors (Lipinski definition) is 6. The standard InChI is InChI=1S/C20H25NO5S/c1-21-14-11-13(20(23)26-4)6-8-17(14)27-18(19(21)22)10-12-5-7-15(24-2)16(9-12)25-3/h5,7,9-10,13-14,17H,6,8,11H2,1-4H3/b18-10+. The first-order valence-corrected chi connectivity index (χ1v) is 9.81. The molecule has 146 valence electrons. The average molecular weight is 391 g/mol. The summed E-state index contributed by atoms with van der Waals surface area (Å²) >= 11 is 1.61. The molecule has 1 aliphatic carbocycles. The fraction of sp³-hybridized carbons (Fsp3) is 0.500. The van der Waals surface area contributed by atoms with E-state index in [2.05, 4.69) is 0 Å². The second-order valence-corrected chi connectivity index (χ2v) is 8.08. The zero-order chi connectivity index (χ0) is 19.6. The molecule has 7 heteroatoms. The monoisotopic (exact) mass is 391 g/mol. The predicted molar refractivity (Wildman–Crippen MR) is 105 cm³/mol. The van der Waals surface area contributed by atoms with Gasteiger partial charge in [-0.1, -0.05) is 6.07 Å². The quantitative estimate of drug-likeness (QED) is 0.581. The highest BCUT2D eigenvalue weighted by Crippen LogP contribution is 2.43. The van der Waals surface area contributed by atoms with Crippen LogP contribution in [0.25, 0.3) is 6.08 Å². The van der Waals surface area contributed by atoms with Crippen molar-refractivity contribution in [3.05, 3.63) is 28.7 Å². The highest BCUT2D eigenvalue weighted by Gasteiger charge is 2.43. The van der Waals surface area contributed by atoms with Gasteiger partial charge in [0.2, 0.25) is 0 Å². The van der Waals surface area contributed by atoms with Gasteiger partial charge in [0.25, 0.3) is 5.91 Å². The molecule has 0 spiro atoms. The van der Waals surface area contributed by atoms with Gasteiger partial charge in [-0.05, 0) is 43.0 Å². The highest BCUT2D eigenvalue weighted by atomic mass is 32.2. The van der Waals surface area contributed by atoms with Crippen molar-refractivity contribution >= 4 is 29.7 Å². The number of rotatable bonds is 4. The Morgan fingerprint density at radius 2 is 1.93 bits per heavy atom. The summed E-state index contributed by atoms with van der Waals surface area (Å²) in [5, 5.41) is 0.292. The van der Waals surface area contributed by atoms with Crippen molar-refractivity contribution in [2.45, 2.75) is 30.6 Å². The maximum absolute atomic E-state index is 12.9. The molecular weight excluding hydrogens is 366 g/mol. The first kappa shape index (κ1) is 19.6. The van der Waals surface area contributed by atoms with Crippen molar-refractivity contribution in [2.75, 3.05) is 28.4 Å². The van der Waals surface area contributed by atoms with Crippen LogP contribution in [0.15, 0.2) is 23.1 Å². The van der Waals surface area contributed by atoms with Gasteiger partial charge in [-0.3, -0.25) is 9.59 Å². The van der Waals surface area contributed by atoms with Crippen LogP contribution < -0.4 is 9.47 Å². The molecule has 1 aromatic carbocycles. The SMILES string of the molecule is COC(=O)C1CCC2S/C(=C/c3ccc(OC)c(OC)c3)C(=O)N(C)C2C1. The number of esters is 1. The maximum atomic E-state index is 12.9. The summed E-state index contributed by atoms with van der Waals surface area (Å²) in [5.74, 6) is 0.974. The summed E-state index contributed by atoms with van der Waals surface area (Å²) in [7, 11) is 6.42. The van der Waals surface area contributed by atoms with Crippen LogP contribution in [0.3, 0.4) is 0 Å². The number of benzene rings is 1.